The minimum absolute atomic E-state index is 0.216. The van der Waals surface area contributed by atoms with E-state index in [-0.39, 0.29) is 5.71 Å². The van der Waals surface area contributed by atoms with Gasteiger partial charge in [0.05, 0.1) is 12.8 Å². The smallest absolute Gasteiger partial charge is 0.334 e. The molecule has 1 heterocycles. The van der Waals surface area contributed by atoms with E-state index >= 15 is 0 Å². The van der Waals surface area contributed by atoms with Gasteiger partial charge in [-0.3, -0.25) is 0 Å². The van der Waals surface area contributed by atoms with Crippen molar-refractivity contribution >= 4 is 29.0 Å². The van der Waals surface area contributed by atoms with Gasteiger partial charge in [-0.15, -0.1) is 0 Å². The minimum Gasteiger partial charge on any atom is -0.467 e. The molecule has 1 aromatic carbocycles. The van der Waals surface area contributed by atoms with Crippen molar-refractivity contribution in [1.29, 1.82) is 5.41 Å². The zero-order valence-corrected chi connectivity index (χ0v) is 8.76. The molecule has 0 radical (unpaired) electrons. The number of ether oxygens (including phenoxy) is 1. The Labute approximate surface area is 91.7 Å². The first kappa shape index (κ1) is 9.98. The third-order valence-corrected chi connectivity index (χ3v) is 2.53. The second-order valence-corrected chi connectivity index (χ2v) is 3.64. The number of carbonyl (C=O) groups is 1. The number of nitrogens with one attached hydrogen (secondary N) is 2. The number of carbonyl (C=O) groups excluding carboxylic acids is 1. The van der Waals surface area contributed by atoms with Crippen LogP contribution >= 0.6 is 11.6 Å². The van der Waals surface area contributed by atoms with Gasteiger partial charge in [0.15, 0.2) is 6.04 Å². The summed E-state index contributed by atoms with van der Waals surface area (Å²) in [5.74, 6) is -0.465. The maximum atomic E-state index is 11.3. The fourth-order valence-corrected chi connectivity index (χ4v) is 1.72. The number of hydrogen-bond donors (Lipinski definition) is 2. The minimum atomic E-state index is -0.719. The second kappa shape index (κ2) is 3.55. The molecular weight excluding hydrogens is 216 g/mol. The van der Waals surface area contributed by atoms with Gasteiger partial charge in [-0.2, -0.15) is 0 Å². The Bertz CT molecular complexity index is 445. The molecule has 0 unspecified atom stereocenters. The molecule has 2 N–H and O–H groups in total. The van der Waals surface area contributed by atoms with Gasteiger partial charge in [0, 0.05) is 16.3 Å². The first-order chi connectivity index (χ1) is 7.13. The van der Waals surface area contributed by atoms with Crippen LogP contribution < -0.4 is 5.32 Å². The lowest BCUT2D eigenvalue weighted by atomic mass is 10.1. The molecular formula is C10H9ClN2O2. The van der Waals surface area contributed by atoms with Crippen LogP contribution in [0, 0.1) is 5.41 Å². The first-order valence-corrected chi connectivity index (χ1v) is 4.74. The average molecular weight is 225 g/mol. The Hall–Kier alpha value is -1.55. The molecule has 5 heteroatoms. The monoisotopic (exact) mass is 224 g/mol. The van der Waals surface area contributed by atoms with Gasteiger partial charge in [0.1, 0.15) is 0 Å². The SMILES string of the molecule is COC(=O)[C@H]1Nc2cc(Cl)ccc2C1=N. The van der Waals surface area contributed by atoms with Crippen molar-refractivity contribution in [2.24, 2.45) is 0 Å². The summed E-state index contributed by atoms with van der Waals surface area (Å²) in [6.07, 6.45) is 0. The molecule has 4 nitrogen and oxygen atoms in total. The normalized spacial score (nSPS) is 18.3. The van der Waals surface area contributed by atoms with Crippen LogP contribution in [0.1, 0.15) is 5.56 Å². The Morgan fingerprint density at radius 1 is 1.60 bits per heavy atom. The number of benzene rings is 1. The Morgan fingerprint density at radius 3 is 3.00 bits per heavy atom. The third-order valence-electron chi connectivity index (χ3n) is 2.30. The highest BCUT2D eigenvalue weighted by Crippen LogP contribution is 2.28. The van der Waals surface area contributed by atoms with Gasteiger partial charge in [-0.25, -0.2) is 4.79 Å². The molecule has 0 fully saturated rings. The first-order valence-electron chi connectivity index (χ1n) is 4.36. The topological polar surface area (TPSA) is 62.2 Å². The van der Waals surface area contributed by atoms with Gasteiger partial charge in [0.2, 0.25) is 0 Å². The van der Waals surface area contributed by atoms with Gasteiger partial charge in [-0.05, 0) is 18.2 Å². The highest BCUT2D eigenvalue weighted by molar-refractivity contribution is 6.31. The number of halogens is 1. The van der Waals surface area contributed by atoms with Crippen LogP contribution in [-0.4, -0.2) is 24.8 Å². The van der Waals surface area contributed by atoms with E-state index < -0.39 is 12.0 Å². The largest absolute Gasteiger partial charge is 0.467 e. The van der Waals surface area contributed by atoms with Crippen LogP contribution in [0.25, 0.3) is 0 Å². The molecule has 0 spiro atoms. The van der Waals surface area contributed by atoms with Crippen molar-refractivity contribution in [2.75, 3.05) is 12.4 Å². The predicted octanol–water partition coefficient (Wildman–Crippen LogP) is 1.67. The highest BCUT2D eigenvalue weighted by atomic mass is 35.5. The molecule has 78 valence electrons. The molecule has 0 saturated carbocycles. The van der Waals surface area contributed by atoms with Crippen molar-refractivity contribution in [3.8, 4) is 0 Å². The summed E-state index contributed by atoms with van der Waals surface area (Å²) in [6, 6.07) is 4.38. The summed E-state index contributed by atoms with van der Waals surface area (Å²) in [7, 11) is 1.30. The van der Waals surface area contributed by atoms with Crippen LogP contribution in [0.4, 0.5) is 5.69 Å². The van der Waals surface area contributed by atoms with Crippen LogP contribution in [0.15, 0.2) is 18.2 Å². The summed E-state index contributed by atoms with van der Waals surface area (Å²) in [4.78, 5) is 11.3. The predicted molar refractivity (Wildman–Crippen MR) is 57.7 cm³/mol. The number of methoxy groups -OCH3 is 1. The lowest BCUT2D eigenvalue weighted by Gasteiger charge is -2.07. The fraction of sp³-hybridized carbons (Fsp3) is 0.200. The highest BCUT2D eigenvalue weighted by Gasteiger charge is 2.32. The second-order valence-electron chi connectivity index (χ2n) is 3.20. The van der Waals surface area contributed by atoms with Crippen molar-refractivity contribution < 1.29 is 9.53 Å². The number of hydrogen-bond acceptors (Lipinski definition) is 4. The van der Waals surface area contributed by atoms with Crippen LogP contribution in [0.5, 0.6) is 0 Å². The maximum Gasteiger partial charge on any atom is 0.334 e. The molecule has 15 heavy (non-hydrogen) atoms. The number of rotatable bonds is 1. The molecule has 0 aromatic heterocycles. The van der Waals surface area contributed by atoms with E-state index in [1.807, 2.05) is 0 Å². The van der Waals surface area contributed by atoms with E-state index in [1.54, 1.807) is 18.2 Å². The average Bonchev–Trinajstić information content (AvgIpc) is 2.54. The van der Waals surface area contributed by atoms with E-state index in [9.17, 15) is 4.79 Å². The molecule has 1 aliphatic rings. The molecule has 2 rings (SSSR count). The van der Waals surface area contributed by atoms with Crippen molar-refractivity contribution in [3.05, 3.63) is 28.8 Å². The zero-order chi connectivity index (χ0) is 11.0. The molecule has 0 amide bonds. The van der Waals surface area contributed by atoms with Gasteiger partial charge < -0.3 is 15.5 Å². The van der Waals surface area contributed by atoms with Gasteiger partial charge >= 0.3 is 5.97 Å². The van der Waals surface area contributed by atoms with Crippen molar-refractivity contribution in [3.63, 3.8) is 0 Å². The van der Waals surface area contributed by atoms with Gasteiger partial charge in [0.25, 0.3) is 0 Å². The van der Waals surface area contributed by atoms with Crippen molar-refractivity contribution in [1.82, 2.24) is 0 Å². The van der Waals surface area contributed by atoms with Crippen molar-refractivity contribution in [2.45, 2.75) is 6.04 Å². The molecule has 1 aromatic rings. The lowest BCUT2D eigenvalue weighted by molar-refractivity contribution is -0.139. The molecule has 0 aliphatic carbocycles. The molecule has 1 atom stereocenters. The summed E-state index contributed by atoms with van der Waals surface area (Å²) >= 11 is 5.81. The summed E-state index contributed by atoms with van der Waals surface area (Å²) in [6.45, 7) is 0. The standard InChI is InChI=1S/C10H9ClN2O2/c1-15-10(14)9-8(12)6-3-2-5(11)4-7(6)13-9/h2-4,9,12-13H,1H3/t9-/m0/s1. The fourth-order valence-electron chi connectivity index (χ4n) is 1.55. The summed E-state index contributed by atoms with van der Waals surface area (Å²) < 4.78 is 4.59. The van der Waals surface area contributed by atoms with E-state index in [2.05, 4.69) is 10.1 Å². The van der Waals surface area contributed by atoms with E-state index in [1.165, 1.54) is 7.11 Å². The van der Waals surface area contributed by atoms with E-state index in [0.29, 0.717) is 16.3 Å². The number of fused-ring (bicyclic) bond motifs is 1. The Kier molecular flexibility index (Phi) is 2.36. The summed E-state index contributed by atoms with van der Waals surface area (Å²) in [5.41, 5.74) is 1.60. The molecule has 0 bridgehead atoms. The van der Waals surface area contributed by atoms with Crippen LogP contribution in [0.3, 0.4) is 0 Å². The zero-order valence-electron chi connectivity index (χ0n) is 8.00. The van der Waals surface area contributed by atoms with E-state index in [0.717, 1.165) is 0 Å². The van der Waals surface area contributed by atoms with Crippen LogP contribution in [0.2, 0.25) is 5.02 Å². The molecule has 1 aliphatic heterocycles. The van der Waals surface area contributed by atoms with Gasteiger partial charge in [-0.1, -0.05) is 11.6 Å². The maximum absolute atomic E-state index is 11.3. The molecule has 0 saturated heterocycles. The number of esters is 1. The lowest BCUT2D eigenvalue weighted by Crippen LogP contribution is -2.33. The van der Waals surface area contributed by atoms with Crippen LogP contribution in [-0.2, 0) is 9.53 Å². The summed E-state index contributed by atoms with van der Waals surface area (Å²) in [5, 5.41) is 11.2. The van der Waals surface area contributed by atoms with E-state index in [4.69, 9.17) is 17.0 Å². The quantitative estimate of drug-likeness (QED) is 0.714. The third kappa shape index (κ3) is 1.57. The number of anilines is 1. The Morgan fingerprint density at radius 2 is 2.33 bits per heavy atom. The Balaban J connectivity index is 2.37.